The van der Waals surface area contributed by atoms with Crippen LogP contribution in [0.4, 0.5) is 13.2 Å². The van der Waals surface area contributed by atoms with Crippen molar-refractivity contribution in [3.8, 4) is 5.75 Å². The fraction of sp³-hybridized carbons (Fsp3) is 0.381. The van der Waals surface area contributed by atoms with Crippen LogP contribution in [0.2, 0.25) is 0 Å². The normalized spacial score (nSPS) is 11.3. The Morgan fingerprint density at radius 2 is 1.78 bits per heavy atom. The summed E-state index contributed by atoms with van der Waals surface area (Å²) in [5.41, 5.74) is 1.48. The molecular formula is C21H23F3O3. The van der Waals surface area contributed by atoms with Crippen molar-refractivity contribution in [1.29, 1.82) is 0 Å². The largest absolute Gasteiger partial charge is 0.489 e. The zero-order chi connectivity index (χ0) is 20.0. The SMILES string of the molecule is CCc1ccc(OCc2c(CC(=O)OC)cccc2C(F)(F)F)c(CC)c1. The number of hydrogen-bond donors (Lipinski definition) is 0. The van der Waals surface area contributed by atoms with Crippen LogP contribution in [0.15, 0.2) is 36.4 Å². The van der Waals surface area contributed by atoms with Crippen LogP contribution in [-0.4, -0.2) is 13.1 Å². The quantitative estimate of drug-likeness (QED) is 0.625. The van der Waals surface area contributed by atoms with Crippen LogP contribution < -0.4 is 4.74 Å². The Morgan fingerprint density at radius 1 is 1.04 bits per heavy atom. The molecule has 0 amide bonds. The molecule has 2 aromatic rings. The van der Waals surface area contributed by atoms with Gasteiger partial charge in [-0.15, -0.1) is 0 Å². The molecule has 2 aromatic carbocycles. The summed E-state index contributed by atoms with van der Waals surface area (Å²) in [6.45, 7) is 3.72. The smallest absolute Gasteiger partial charge is 0.416 e. The highest BCUT2D eigenvalue weighted by atomic mass is 19.4. The minimum Gasteiger partial charge on any atom is -0.489 e. The predicted octanol–water partition coefficient (Wildman–Crippen LogP) is 5.12. The highest BCUT2D eigenvalue weighted by molar-refractivity contribution is 5.73. The maximum absolute atomic E-state index is 13.4. The fourth-order valence-corrected chi connectivity index (χ4v) is 2.88. The molecule has 27 heavy (non-hydrogen) atoms. The molecule has 0 bridgehead atoms. The van der Waals surface area contributed by atoms with Gasteiger partial charge in [-0.1, -0.05) is 38.1 Å². The zero-order valence-corrected chi connectivity index (χ0v) is 15.7. The van der Waals surface area contributed by atoms with E-state index in [9.17, 15) is 18.0 Å². The van der Waals surface area contributed by atoms with Crippen molar-refractivity contribution in [2.45, 2.75) is 45.9 Å². The van der Waals surface area contributed by atoms with Crippen LogP contribution >= 0.6 is 0 Å². The molecule has 0 aliphatic heterocycles. The van der Waals surface area contributed by atoms with Crippen molar-refractivity contribution in [2.24, 2.45) is 0 Å². The van der Waals surface area contributed by atoms with E-state index in [1.54, 1.807) is 6.07 Å². The molecule has 146 valence electrons. The van der Waals surface area contributed by atoms with Crippen LogP contribution in [0.1, 0.15) is 41.7 Å². The van der Waals surface area contributed by atoms with Gasteiger partial charge in [0.15, 0.2) is 0 Å². The van der Waals surface area contributed by atoms with Crippen molar-refractivity contribution in [3.63, 3.8) is 0 Å². The maximum Gasteiger partial charge on any atom is 0.416 e. The van der Waals surface area contributed by atoms with Gasteiger partial charge < -0.3 is 9.47 Å². The molecule has 0 saturated heterocycles. The number of ether oxygens (including phenoxy) is 2. The molecule has 6 heteroatoms. The van der Waals surface area contributed by atoms with Gasteiger partial charge >= 0.3 is 12.1 Å². The fourth-order valence-electron chi connectivity index (χ4n) is 2.88. The topological polar surface area (TPSA) is 35.5 Å². The molecule has 0 fully saturated rings. The summed E-state index contributed by atoms with van der Waals surface area (Å²) in [5, 5.41) is 0. The number of aryl methyl sites for hydroxylation is 2. The van der Waals surface area contributed by atoms with Gasteiger partial charge in [0.25, 0.3) is 0 Å². The van der Waals surface area contributed by atoms with Crippen molar-refractivity contribution >= 4 is 5.97 Å². The highest BCUT2D eigenvalue weighted by Crippen LogP contribution is 2.34. The van der Waals surface area contributed by atoms with Crippen molar-refractivity contribution < 1.29 is 27.4 Å². The lowest BCUT2D eigenvalue weighted by molar-refractivity contribution is -0.141. The monoisotopic (exact) mass is 380 g/mol. The standard InChI is InChI=1S/C21H23F3O3/c1-4-14-9-10-19(15(5-2)11-14)27-13-17-16(12-20(25)26-3)7-6-8-18(17)21(22,23)24/h6-11H,4-5,12-13H2,1-3H3. The van der Waals surface area contributed by atoms with Gasteiger partial charge in [0, 0.05) is 5.56 Å². The first-order valence-corrected chi connectivity index (χ1v) is 8.79. The van der Waals surface area contributed by atoms with E-state index >= 15 is 0 Å². The Bertz CT molecular complexity index is 798. The molecule has 0 aliphatic carbocycles. The van der Waals surface area contributed by atoms with Crippen molar-refractivity contribution in [2.75, 3.05) is 7.11 Å². The first-order chi connectivity index (χ1) is 12.8. The Labute approximate surface area is 157 Å². The molecule has 0 N–H and O–H groups in total. The van der Waals surface area contributed by atoms with Crippen molar-refractivity contribution in [3.05, 3.63) is 64.2 Å². The third kappa shape index (κ3) is 5.25. The molecule has 0 aliphatic rings. The molecular weight excluding hydrogens is 357 g/mol. The average Bonchev–Trinajstić information content (AvgIpc) is 2.65. The van der Waals surface area contributed by atoms with Gasteiger partial charge in [-0.3, -0.25) is 4.79 Å². The number of esters is 1. The van der Waals surface area contributed by atoms with Crippen molar-refractivity contribution in [1.82, 2.24) is 0 Å². The molecule has 0 aromatic heterocycles. The lowest BCUT2D eigenvalue weighted by Gasteiger charge is -2.18. The van der Waals surface area contributed by atoms with E-state index in [0.717, 1.165) is 23.6 Å². The summed E-state index contributed by atoms with van der Waals surface area (Å²) in [6.07, 6.45) is -3.20. The number of alkyl halides is 3. The van der Waals surface area contributed by atoms with Gasteiger partial charge in [-0.2, -0.15) is 13.2 Å². The second-order valence-electron chi connectivity index (χ2n) is 6.13. The van der Waals surface area contributed by atoms with Gasteiger partial charge in [-0.05, 0) is 41.7 Å². The van der Waals surface area contributed by atoms with Gasteiger partial charge in [0.05, 0.1) is 19.1 Å². The lowest BCUT2D eigenvalue weighted by Crippen LogP contribution is -2.16. The molecule has 0 atom stereocenters. The van der Waals surface area contributed by atoms with E-state index in [0.29, 0.717) is 12.2 Å². The second kappa shape index (κ2) is 8.93. The van der Waals surface area contributed by atoms with Crippen LogP contribution in [0.5, 0.6) is 5.75 Å². The predicted molar refractivity (Wildman–Crippen MR) is 96.7 cm³/mol. The van der Waals surface area contributed by atoms with Crippen LogP contribution in [0, 0.1) is 0 Å². The molecule has 3 nitrogen and oxygen atoms in total. The Morgan fingerprint density at radius 3 is 2.37 bits per heavy atom. The summed E-state index contributed by atoms with van der Waals surface area (Å²) < 4.78 is 50.7. The van der Waals surface area contributed by atoms with E-state index in [2.05, 4.69) is 4.74 Å². The van der Waals surface area contributed by atoms with E-state index in [1.165, 1.54) is 19.2 Å². The van der Waals surface area contributed by atoms with E-state index in [1.807, 2.05) is 26.0 Å². The van der Waals surface area contributed by atoms with Gasteiger partial charge in [0.2, 0.25) is 0 Å². The summed E-state index contributed by atoms with van der Waals surface area (Å²) in [4.78, 5) is 11.6. The van der Waals surface area contributed by atoms with E-state index in [-0.39, 0.29) is 24.2 Å². The number of carbonyl (C=O) groups excluding carboxylic acids is 1. The summed E-state index contributed by atoms with van der Waals surface area (Å²) in [6, 6.07) is 9.47. The Balaban J connectivity index is 2.37. The Kier molecular flexibility index (Phi) is 6.88. The summed E-state index contributed by atoms with van der Waals surface area (Å²) in [7, 11) is 1.20. The molecule has 0 saturated carbocycles. The number of carbonyl (C=O) groups is 1. The first kappa shape index (κ1) is 20.8. The van der Waals surface area contributed by atoms with E-state index in [4.69, 9.17) is 4.74 Å². The minimum absolute atomic E-state index is 0.0444. The molecule has 0 unspecified atom stereocenters. The Hall–Kier alpha value is -2.50. The third-order valence-electron chi connectivity index (χ3n) is 4.43. The van der Waals surface area contributed by atoms with Crippen LogP contribution in [0.25, 0.3) is 0 Å². The highest BCUT2D eigenvalue weighted by Gasteiger charge is 2.34. The maximum atomic E-state index is 13.4. The number of methoxy groups -OCH3 is 1. The molecule has 0 heterocycles. The summed E-state index contributed by atoms with van der Waals surface area (Å²) >= 11 is 0. The average molecular weight is 380 g/mol. The number of hydrogen-bond acceptors (Lipinski definition) is 3. The zero-order valence-electron chi connectivity index (χ0n) is 15.7. The molecule has 0 radical (unpaired) electrons. The van der Waals surface area contributed by atoms with Gasteiger partial charge in [0.1, 0.15) is 12.4 Å². The molecule has 0 spiro atoms. The van der Waals surface area contributed by atoms with Crippen LogP contribution in [0.3, 0.4) is 0 Å². The number of halogens is 3. The number of rotatable bonds is 7. The minimum atomic E-state index is -4.54. The van der Waals surface area contributed by atoms with Crippen LogP contribution in [-0.2, 0) is 41.6 Å². The second-order valence-corrected chi connectivity index (χ2v) is 6.13. The lowest BCUT2D eigenvalue weighted by atomic mass is 9.98. The third-order valence-corrected chi connectivity index (χ3v) is 4.43. The molecule has 2 rings (SSSR count). The van der Waals surface area contributed by atoms with E-state index < -0.39 is 17.7 Å². The number of benzene rings is 2. The van der Waals surface area contributed by atoms with Gasteiger partial charge in [-0.25, -0.2) is 0 Å². The summed E-state index contributed by atoms with van der Waals surface area (Å²) in [5.74, 6) is -0.0483. The first-order valence-electron chi connectivity index (χ1n) is 8.79.